The lowest BCUT2D eigenvalue weighted by Crippen LogP contribution is -2.20. The molecule has 1 aliphatic rings. The number of hydrogen-bond acceptors (Lipinski definition) is 0. The Morgan fingerprint density at radius 2 is 2.25 bits per heavy atom. The Labute approximate surface area is 56.2 Å². The number of halogens is 1. The molecule has 8 heavy (non-hydrogen) atoms. The van der Waals surface area contributed by atoms with Crippen LogP contribution in [-0.2, 0) is 0 Å². The van der Waals surface area contributed by atoms with Crippen LogP contribution in [0.25, 0.3) is 0 Å². The minimum absolute atomic E-state index is 0.769. The van der Waals surface area contributed by atoms with E-state index in [1.54, 1.807) is 0 Å². The number of alkyl halides is 1. The standard InChI is InChI=1S/C7H13Cl/c1-6(5-8)7-3-2-4-7/h6-7H,2-5H2,1H3. The van der Waals surface area contributed by atoms with Crippen molar-refractivity contribution in [3.05, 3.63) is 0 Å². The van der Waals surface area contributed by atoms with Crippen molar-refractivity contribution < 1.29 is 0 Å². The van der Waals surface area contributed by atoms with E-state index in [0.29, 0.717) is 0 Å². The van der Waals surface area contributed by atoms with Crippen LogP contribution in [0.15, 0.2) is 0 Å². The van der Waals surface area contributed by atoms with Gasteiger partial charge in [-0.15, -0.1) is 11.6 Å². The maximum Gasteiger partial charge on any atom is 0.0251 e. The molecular weight excluding hydrogens is 120 g/mol. The van der Waals surface area contributed by atoms with Gasteiger partial charge in [0.1, 0.15) is 0 Å². The summed E-state index contributed by atoms with van der Waals surface area (Å²) >= 11 is 5.66. The molecule has 0 radical (unpaired) electrons. The van der Waals surface area contributed by atoms with Gasteiger partial charge in [-0.05, 0) is 11.8 Å². The zero-order valence-electron chi connectivity index (χ0n) is 5.36. The first kappa shape index (κ1) is 6.41. The van der Waals surface area contributed by atoms with Crippen molar-refractivity contribution in [2.45, 2.75) is 26.2 Å². The highest BCUT2D eigenvalue weighted by Crippen LogP contribution is 2.33. The van der Waals surface area contributed by atoms with Crippen LogP contribution in [0.5, 0.6) is 0 Å². The summed E-state index contributed by atoms with van der Waals surface area (Å²) in [6, 6.07) is 0. The summed E-state index contributed by atoms with van der Waals surface area (Å²) in [6.45, 7) is 2.25. The average Bonchev–Trinajstić information content (AvgIpc) is 1.62. The lowest BCUT2D eigenvalue weighted by Gasteiger charge is -2.29. The largest absolute Gasteiger partial charge is 0.126 e. The van der Waals surface area contributed by atoms with E-state index in [1.165, 1.54) is 19.3 Å². The Kier molecular flexibility index (Phi) is 2.18. The van der Waals surface area contributed by atoms with Crippen LogP contribution in [0, 0.1) is 11.8 Å². The van der Waals surface area contributed by atoms with E-state index in [-0.39, 0.29) is 0 Å². The highest BCUT2D eigenvalue weighted by molar-refractivity contribution is 6.18. The molecule has 0 heterocycles. The van der Waals surface area contributed by atoms with E-state index in [2.05, 4.69) is 6.92 Å². The summed E-state index contributed by atoms with van der Waals surface area (Å²) in [4.78, 5) is 0. The van der Waals surface area contributed by atoms with Crippen LogP contribution in [0.1, 0.15) is 26.2 Å². The summed E-state index contributed by atoms with van der Waals surface area (Å²) in [5.74, 6) is 2.59. The highest BCUT2D eigenvalue weighted by atomic mass is 35.5. The smallest absolute Gasteiger partial charge is 0.0251 e. The van der Waals surface area contributed by atoms with Crippen LogP contribution in [-0.4, -0.2) is 5.88 Å². The molecule has 0 bridgehead atoms. The Morgan fingerprint density at radius 1 is 1.62 bits per heavy atom. The van der Waals surface area contributed by atoms with Crippen LogP contribution in [0.3, 0.4) is 0 Å². The SMILES string of the molecule is CC(CCl)C1CCC1. The monoisotopic (exact) mass is 132 g/mol. The summed E-state index contributed by atoms with van der Waals surface area (Å²) < 4.78 is 0. The highest BCUT2D eigenvalue weighted by Gasteiger charge is 2.22. The lowest BCUT2D eigenvalue weighted by molar-refractivity contribution is 0.237. The van der Waals surface area contributed by atoms with Gasteiger partial charge in [0.25, 0.3) is 0 Å². The van der Waals surface area contributed by atoms with Crippen LogP contribution < -0.4 is 0 Å². The van der Waals surface area contributed by atoms with Gasteiger partial charge in [-0.3, -0.25) is 0 Å². The molecule has 0 saturated heterocycles. The molecule has 0 N–H and O–H groups in total. The second-order valence-electron chi connectivity index (χ2n) is 2.82. The molecule has 1 atom stereocenters. The average molecular weight is 133 g/mol. The van der Waals surface area contributed by atoms with E-state index in [9.17, 15) is 0 Å². The third kappa shape index (κ3) is 1.17. The molecule has 0 nitrogen and oxygen atoms in total. The molecular formula is C7H13Cl. The van der Waals surface area contributed by atoms with Crippen molar-refractivity contribution in [1.82, 2.24) is 0 Å². The Hall–Kier alpha value is 0.290. The first-order valence-electron chi connectivity index (χ1n) is 3.40. The molecule has 0 spiro atoms. The summed E-state index contributed by atoms with van der Waals surface area (Å²) in [6.07, 6.45) is 4.29. The molecule has 0 aromatic rings. The van der Waals surface area contributed by atoms with Gasteiger partial charge in [-0.2, -0.15) is 0 Å². The van der Waals surface area contributed by atoms with Crippen molar-refractivity contribution in [1.29, 1.82) is 0 Å². The van der Waals surface area contributed by atoms with Gasteiger partial charge in [0.05, 0.1) is 0 Å². The summed E-state index contributed by atoms with van der Waals surface area (Å²) in [5, 5.41) is 0. The Bertz CT molecular complexity index is 64.0. The molecule has 1 heteroatoms. The van der Waals surface area contributed by atoms with Gasteiger partial charge in [-0.25, -0.2) is 0 Å². The van der Waals surface area contributed by atoms with E-state index in [4.69, 9.17) is 11.6 Å². The Balaban J connectivity index is 2.13. The Morgan fingerprint density at radius 3 is 2.38 bits per heavy atom. The van der Waals surface area contributed by atoms with Crippen molar-refractivity contribution in [3.8, 4) is 0 Å². The minimum Gasteiger partial charge on any atom is -0.126 e. The molecule has 0 aromatic heterocycles. The maximum absolute atomic E-state index is 5.66. The van der Waals surface area contributed by atoms with Gasteiger partial charge < -0.3 is 0 Å². The van der Waals surface area contributed by atoms with E-state index < -0.39 is 0 Å². The molecule has 0 aliphatic heterocycles. The predicted molar refractivity (Wildman–Crippen MR) is 37.2 cm³/mol. The van der Waals surface area contributed by atoms with Crippen molar-refractivity contribution in [2.24, 2.45) is 11.8 Å². The predicted octanol–water partition coefficient (Wildman–Crippen LogP) is 2.66. The molecule has 48 valence electrons. The number of hydrogen-bond donors (Lipinski definition) is 0. The van der Waals surface area contributed by atoms with Crippen LogP contribution in [0.4, 0.5) is 0 Å². The normalized spacial score (nSPS) is 24.8. The molecule has 0 amide bonds. The minimum atomic E-state index is 0.769. The third-order valence-corrected chi connectivity index (χ3v) is 2.68. The lowest BCUT2D eigenvalue weighted by atomic mass is 9.77. The summed E-state index contributed by atoms with van der Waals surface area (Å²) in [5.41, 5.74) is 0. The van der Waals surface area contributed by atoms with Gasteiger partial charge >= 0.3 is 0 Å². The van der Waals surface area contributed by atoms with Crippen LogP contribution in [0.2, 0.25) is 0 Å². The van der Waals surface area contributed by atoms with Gasteiger partial charge in [-0.1, -0.05) is 26.2 Å². The van der Waals surface area contributed by atoms with Crippen LogP contribution >= 0.6 is 11.6 Å². The fraction of sp³-hybridized carbons (Fsp3) is 1.00. The summed E-state index contributed by atoms with van der Waals surface area (Å²) in [7, 11) is 0. The van der Waals surface area contributed by atoms with Crippen molar-refractivity contribution in [2.75, 3.05) is 5.88 Å². The van der Waals surface area contributed by atoms with Gasteiger partial charge in [0.15, 0.2) is 0 Å². The van der Waals surface area contributed by atoms with E-state index in [1.807, 2.05) is 0 Å². The molecule has 1 unspecified atom stereocenters. The maximum atomic E-state index is 5.66. The zero-order valence-corrected chi connectivity index (χ0v) is 6.12. The zero-order chi connectivity index (χ0) is 5.98. The quantitative estimate of drug-likeness (QED) is 0.507. The second-order valence-corrected chi connectivity index (χ2v) is 3.13. The van der Waals surface area contributed by atoms with E-state index in [0.717, 1.165) is 17.7 Å². The van der Waals surface area contributed by atoms with Gasteiger partial charge in [0.2, 0.25) is 0 Å². The number of rotatable bonds is 2. The molecule has 0 aromatic carbocycles. The van der Waals surface area contributed by atoms with Crippen molar-refractivity contribution in [3.63, 3.8) is 0 Å². The van der Waals surface area contributed by atoms with Crippen molar-refractivity contribution >= 4 is 11.6 Å². The molecule has 1 rings (SSSR count). The topological polar surface area (TPSA) is 0 Å². The third-order valence-electron chi connectivity index (χ3n) is 2.20. The first-order valence-corrected chi connectivity index (χ1v) is 3.94. The molecule has 1 aliphatic carbocycles. The van der Waals surface area contributed by atoms with Gasteiger partial charge in [0, 0.05) is 5.88 Å². The van der Waals surface area contributed by atoms with E-state index >= 15 is 0 Å². The first-order chi connectivity index (χ1) is 3.84. The fourth-order valence-corrected chi connectivity index (χ4v) is 1.39. The second kappa shape index (κ2) is 2.72. The molecule has 1 saturated carbocycles. The fourth-order valence-electron chi connectivity index (χ4n) is 1.13. The molecule has 1 fully saturated rings.